The third-order valence-corrected chi connectivity index (χ3v) is 7.73. The average molecular weight is 525 g/mol. The molecule has 13 heteroatoms. The molecule has 1 amide bonds. The summed E-state index contributed by atoms with van der Waals surface area (Å²) in [5, 5.41) is 2.76. The second-order valence-corrected chi connectivity index (χ2v) is 10.9. The first-order valence-electron chi connectivity index (χ1n) is 10.8. The molecule has 3 heterocycles. The number of nitrogens with one attached hydrogen (secondary N) is 1. The highest BCUT2D eigenvalue weighted by Gasteiger charge is 2.47. The number of allylic oxidation sites excluding steroid dienone is 1. The molecule has 0 bridgehead atoms. The van der Waals surface area contributed by atoms with Crippen LogP contribution in [-0.4, -0.2) is 55.3 Å². The number of aliphatic imine (C=N–C) groups is 1. The molecular formula is C23H23F3N4O5S. The Balaban J connectivity index is 1.63. The molecule has 1 aromatic carbocycles. The first kappa shape index (κ1) is 25.5. The van der Waals surface area contributed by atoms with E-state index in [1.807, 2.05) is 0 Å². The molecule has 2 aromatic rings. The van der Waals surface area contributed by atoms with Gasteiger partial charge in [-0.1, -0.05) is 12.1 Å². The first-order valence-corrected chi connectivity index (χ1v) is 12.6. The third kappa shape index (κ3) is 5.96. The number of nitrogens with two attached hydrogens (primary N) is 1. The number of sulfone groups is 1. The summed E-state index contributed by atoms with van der Waals surface area (Å²) in [6.07, 6.45) is 1.03. The zero-order valence-corrected chi connectivity index (χ0v) is 19.9. The smallest absolute Gasteiger partial charge is 0.387 e. The topological polar surface area (TPSA) is 133 Å². The molecule has 0 saturated carbocycles. The highest BCUT2D eigenvalue weighted by Crippen LogP contribution is 2.30. The van der Waals surface area contributed by atoms with E-state index in [4.69, 9.17) is 10.5 Å². The van der Waals surface area contributed by atoms with Gasteiger partial charge in [0.1, 0.15) is 18.2 Å². The number of halogens is 3. The van der Waals surface area contributed by atoms with Gasteiger partial charge in [-0.2, -0.15) is 8.78 Å². The van der Waals surface area contributed by atoms with Crippen molar-refractivity contribution in [3.63, 3.8) is 0 Å². The number of alkyl halides is 2. The van der Waals surface area contributed by atoms with Crippen LogP contribution in [0.4, 0.5) is 19.0 Å². The Bertz CT molecular complexity index is 1320. The number of pyridine rings is 1. The minimum absolute atomic E-state index is 0.0526. The fourth-order valence-corrected chi connectivity index (χ4v) is 6.09. The van der Waals surface area contributed by atoms with Gasteiger partial charge in [0.05, 0.1) is 40.6 Å². The molecule has 0 spiro atoms. The third-order valence-electron chi connectivity index (χ3n) is 5.58. The number of aromatic nitrogens is 1. The van der Waals surface area contributed by atoms with Crippen LogP contribution < -0.4 is 15.8 Å². The minimum atomic E-state index is -3.17. The van der Waals surface area contributed by atoms with Crippen molar-refractivity contribution >= 4 is 33.0 Å². The molecule has 3 N–H and O–H groups in total. The largest absolute Gasteiger partial charge is 0.489 e. The van der Waals surface area contributed by atoms with Crippen LogP contribution in [0.2, 0.25) is 0 Å². The fourth-order valence-electron chi connectivity index (χ4n) is 4.09. The highest BCUT2D eigenvalue weighted by molar-refractivity contribution is 7.93. The van der Waals surface area contributed by atoms with Gasteiger partial charge in [-0.25, -0.2) is 22.8 Å². The predicted octanol–water partition coefficient (Wildman–Crippen LogP) is 2.56. The van der Waals surface area contributed by atoms with Crippen molar-refractivity contribution in [3.8, 4) is 5.75 Å². The van der Waals surface area contributed by atoms with Crippen LogP contribution in [0.3, 0.4) is 0 Å². The fraction of sp³-hybridized carbons (Fsp3) is 0.348. The summed E-state index contributed by atoms with van der Waals surface area (Å²) in [5.41, 5.74) is 6.04. The molecule has 0 aliphatic carbocycles. The van der Waals surface area contributed by atoms with E-state index in [2.05, 4.69) is 20.0 Å². The number of hydrogen-bond donors (Lipinski definition) is 2. The van der Waals surface area contributed by atoms with Crippen LogP contribution in [0.1, 0.15) is 18.9 Å². The number of benzene rings is 1. The normalized spacial score (nSPS) is 22.9. The van der Waals surface area contributed by atoms with E-state index in [1.165, 1.54) is 24.3 Å². The number of nitrogens with zero attached hydrogens (tertiary/aromatic N) is 2. The number of rotatable bonds is 6. The number of ether oxygens (including phenoxy) is 2. The van der Waals surface area contributed by atoms with Gasteiger partial charge < -0.3 is 20.5 Å². The maximum absolute atomic E-state index is 13.3. The van der Waals surface area contributed by atoms with Gasteiger partial charge in [0.15, 0.2) is 21.4 Å². The lowest BCUT2D eigenvalue weighted by Crippen LogP contribution is -2.64. The van der Waals surface area contributed by atoms with Gasteiger partial charge >= 0.3 is 6.61 Å². The van der Waals surface area contributed by atoms with Crippen molar-refractivity contribution in [2.75, 3.05) is 18.1 Å². The van der Waals surface area contributed by atoms with E-state index < -0.39 is 39.6 Å². The highest BCUT2D eigenvalue weighted by atomic mass is 32.2. The number of hydrogen-bond acceptors (Lipinski definition) is 8. The second kappa shape index (κ2) is 9.80. The first-order chi connectivity index (χ1) is 16.9. The maximum atomic E-state index is 13.3. The van der Waals surface area contributed by atoms with Crippen molar-refractivity contribution in [2.45, 2.75) is 25.5 Å². The molecule has 9 nitrogen and oxygen atoms in total. The van der Waals surface area contributed by atoms with Crippen molar-refractivity contribution in [1.82, 2.24) is 10.3 Å². The van der Waals surface area contributed by atoms with Crippen molar-refractivity contribution in [2.24, 2.45) is 16.6 Å². The Labute approximate surface area is 205 Å². The van der Waals surface area contributed by atoms with Crippen molar-refractivity contribution in [1.29, 1.82) is 0 Å². The van der Waals surface area contributed by atoms with Crippen LogP contribution in [0.15, 0.2) is 53.3 Å². The molecule has 0 radical (unpaired) electrons. The molecule has 36 heavy (non-hydrogen) atoms. The monoisotopic (exact) mass is 524 g/mol. The lowest BCUT2D eigenvalue weighted by molar-refractivity contribution is -0.128. The summed E-state index contributed by atoms with van der Waals surface area (Å²) in [4.78, 5) is 21.2. The maximum Gasteiger partial charge on any atom is 0.387 e. The molecule has 2 fully saturated rings. The van der Waals surface area contributed by atoms with E-state index in [9.17, 15) is 26.4 Å². The molecular weight excluding hydrogens is 501 g/mol. The Hall–Kier alpha value is -3.61. The molecule has 1 unspecified atom stereocenters. The van der Waals surface area contributed by atoms with Crippen LogP contribution in [0.5, 0.6) is 5.75 Å². The molecule has 1 aromatic heterocycles. The molecule has 2 saturated heterocycles. The molecule has 1 atom stereocenters. The number of amides is 1. The summed E-state index contributed by atoms with van der Waals surface area (Å²) in [6.45, 7) is -1.47. The van der Waals surface area contributed by atoms with Crippen LogP contribution >= 0.6 is 0 Å². The van der Waals surface area contributed by atoms with Crippen LogP contribution in [0.25, 0.3) is 5.70 Å². The van der Waals surface area contributed by atoms with Crippen LogP contribution in [-0.2, 0) is 19.4 Å². The summed E-state index contributed by atoms with van der Waals surface area (Å²) in [7, 11) is -3.17. The van der Waals surface area contributed by atoms with E-state index in [0.717, 1.165) is 12.3 Å². The summed E-state index contributed by atoms with van der Waals surface area (Å²) < 4.78 is 72.0. The lowest BCUT2D eigenvalue weighted by Gasteiger charge is -2.39. The molecule has 2 aliphatic heterocycles. The van der Waals surface area contributed by atoms with E-state index in [1.54, 1.807) is 13.0 Å². The summed E-state index contributed by atoms with van der Waals surface area (Å²) in [6, 6.07) is 8.18. The zero-order chi connectivity index (χ0) is 26.1. The number of carbonyl (C=O) groups excluding carboxylic acids is 1. The summed E-state index contributed by atoms with van der Waals surface area (Å²) >= 11 is 0. The Kier molecular flexibility index (Phi) is 6.94. The van der Waals surface area contributed by atoms with Gasteiger partial charge in [-0.05, 0) is 31.2 Å². The number of carbonyl (C=O) groups is 1. The molecule has 4 rings (SSSR count). The Morgan fingerprint density at radius 1 is 1.31 bits per heavy atom. The second-order valence-electron chi connectivity index (χ2n) is 8.84. The molecule has 2 aliphatic rings. The van der Waals surface area contributed by atoms with Gasteiger partial charge in [0, 0.05) is 12.0 Å². The standard InChI is InChI=1S/C23H23F3N4O5S/c1-23(11-36(32,33)12-23)30-21(31)14-8-17(29-18-6-5-15(24)9-28-18)20(34-10-14)19(27)13-3-2-4-16(7-13)35-22(25)26/h2-7,9,14,22H,8,10-12,27H2,1H3,(H,30,31). The van der Waals surface area contributed by atoms with E-state index in [-0.39, 0.29) is 53.3 Å². The SMILES string of the molecule is CC1(NC(=O)C2COC(=C(N)c3cccc(OC(F)F)c3)C(=Nc3ccc(F)cn3)C2)CS(=O)(=O)C1. The van der Waals surface area contributed by atoms with E-state index in [0.29, 0.717) is 5.56 Å². The Morgan fingerprint density at radius 2 is 2.06 bits per heavy atom. The van der Waals surface area contributed by atoms with Crippen molar-refractivity contribution in [3.05, 3.63) is 59.7 Å². The predicted molar refractivity (Wildman–Crippen MR) is 125 cm³/mol. The average Bonchev–Trinajstić information content (AvgIpc) is 2.78. The van der Waals surface area contributed by atoms with Crippen LogP contribution in [0, 0.1) is 11.7 Å². The lowest BCUT2D eigenvalue weighted by atomic mass is 9.94. The van der Waals surface area contributed by atoms with Gasteiger partial charge in [0.25, 0.3) is 0 Å². The van der Waals surface area contributed by atoms with E-state index >= 15 is 0 Å². The van der Waals surface area contributed by atoms with Gasteiger partial charge in [-0.3, -0.25) is 4.79 Å². The van der Waals surface area contributed by atoms with Crippen molar-refractivity contribution < 1.29 is 35.9 Å². The minimum Gasteiger partial charge on any atom is -0.489 e. The summed E-state index contributed by atoms with van der Waals surface area (Å²) in [5.74, 6) is -1.90. The molecule has 192 valence electrons. The van der Waals surface area contributed by atoms with Gasteiger partial charge in [-0.15, -0.1) is 0 Å². The Morgan fingerprint density at radius 3 is 2.69 bits per heavy atom. The zero-order valence-electron chi connectivity index (χ0n) is 19.1. The van der Waals surface area contributed by atoms with Gasteiger partial charge in [0.2, 0.25) is 5.91 Å². The quantitative estimate of drug-likeness (QED) is 0.593.